The van der Waals surface area contributed by atoms with E-state index in [0.29, 0.717) is 12.3 Å². The lowest BCUT2D eigenvalue weighted by atomic mass is 9.82. The van der Waals surface area contributed by atoms with Crippen molar-refractivity contribution < 1.29 is 14.7 Å². The summed E-state index contributed by atoms with van der Waals surface area (Å²) in [4.78, 5) is 22.4. The van der Waals surface area contributed by atoms with Crippen molar-refractivity contribution in [3.05, 3.63) is 0 Å². The maximum absolute atomic E-state index is 12.1. The molecule has 17 heavy (non-hydrogen) atoms. The number of aliphatic carboxylic acids is 1. The second-order valence-corrected chi connectivity index (χ2v) is 5.65. The van der Waals surface area contributed by atoms with Gasteiger partial charge in [0, 0.05) is 17.7 Å². The Morgan fingerprint density at radius 1 is 1.35 bits per heavy atom. The Kier molecular flexibility index (Phi) is 5.82. The summed E-state index contributed by atoms with van der Waals surface area (Å²) in [6.07, 6.45) is 5.19. The minimum atomic E-state index is -0.804. The second kappa shape index (κ2) is 6.89. The molecule has 1 amide bonds. The molecule has 2 N–H and O–H groups in total. The van der Waals surface area contributed by atoms with Gasteiger partial charge in [-0.1, -0.05) is 19.8 Å². The molecule has 0 bridgehead atoms. The van der Waals surface area contributed by atoms with Crippen LogP contribution in [0.3, 0.4) is 0 Å². The molecule has 0 spiro atoms. The van der Waals surface area contributed by atoms with Gasteiger partial charge in [0.25, 0.3) is 0 Å². The molecule has 1 rings (SSSR count). The van der Waals surface area contributed by atoms with Crippen molar-refractivity contribution in [3.63, 3.8) is 0 Å². The smallest absolute Gasteiger partial charge is 0.313 e. The van der Waals surface area contributed by atoms with Crippen molar-refractivity contribution in [1.82, 2.24) is 5.32 Å². The third kappa shape index (κ3) is 4.22. The minimum absolute atomic E-state index is 0.106. The zero-order valence-electron chi connectivity index (χ0n) is 10.3. The molecule has 1 aliphatic rings. The van der Waals surface area contributed by atoms with Gasteiger partial charge in [-0.2, -0.15) is 0 Å². The molecule has 0 radical (unpaired) electrons. The van der Waals surface area contributed by atoms with Crippen LogP contribution < -0.4 is 5.32 Å². The van der Waals surface area contributed by atoms with E-state index >= 15 is 0 Å². The Labute approximate surface area is 107 Å². The molecule has 0 aliphatic heterocycles. The number of carboxylic acid groups (broad SMARTS) is 1. The summed E-state index contributed by atoms with van der Waals surface area (Å²) in [7, 11) is 0. The maximum atomic E-state index is 12.1. The number of amides is 1. The van der Waals surface area contributed by atoms with Crippen LogP contribution in [0.1, 0.15) is 39.0 Å². The number of carboxylic acids is 1. The Balaban J connectivity index is 2.22. The van der Waals surface area contributed by atoms with E-state index in [4.69, 9.17) is 5.11 Å². The molecule has 4 nitrogen and oxygen atoms in total. The first-order valence-corrected chi connectivity index (χ1v) is 7.34. The zero-order valence-corrected chi connectivity index (χ0v) is 11.1. The fourth-order valence-corrected chi connectivity index (χ4v) is 2.94. The lowest BCUT2D eigenvalue weighted by Gasteiger charge is -2.25. The number of hydrogen-bond donors (Lipinski definition) is 2. The van der Waals surface area contributed by atoms with Crippen LogP contribution in [0, 0.1) is 5.41 Å². The van der Waals surface area contributed by atoms with Gasteiger partial charge in [-0.05, 0) is 19.3 Å². The van der Waals surface area contributed by atoms with E-state index in [0.717, 1.165) is 32.1 Å². The first-order chi connectivity index (χ1) is 8.10. The van der Waals surface area contributed by atoms with Gasteiger partial charge in [-0.3, -0.25) is 9.59 Å². The quantitative estimate of drug-likeness (QED) is 0.685. The average molecular weight is 259 g/mol. The molecule has 0 atom stereocenters. The van der Waals surface area contributed by atoms with Gasteiger partial charge in [0.1, 0.15) is 0 Å². The normalized spacial score (nSPS) is 17.9. The Morgan fingerprint density at radius 2 is 2.00 bits per heavy atom. The largest absolute Gasteiger partial charge is 0.481 e. The fraction of sp³-hybridized carbons (Fsp3) is 0.833. The van der Waals surface area contributed by atoms with E-state index in [2.05, 4.69) is 12.2 Å². The van der Waals surface area contributed by atoms with Crippen LogP contribution in [0.4, 0.5) is 0 Å². The van der Waals surface area contributed by atoms with Crippen LogP contribution in [0.5, 0.6) is 0 Å². The Bertz CT molecular complexity index is 275. The van der Waals surface area contributed by atoms with Crippen molar-refractivity contribution in [2.24, 2.45) is 5.41 Å². The summed E-state index contributed by atoms with van der Waals surface area (Å²) >= 11 is 1.34. The SMILES string of the molecule is CCC1(C(=O)NCCSCC(=O)O)CCCC1. The predicted molar refractivity (Wildman–Crippen MR) is 69.2 cm³/mol. The highest BCUT2D eigenvalue weighted by Crippen LogP contribution is 2.40. The second-order valence-electron chi connectivity index (χ2n) is 4.54. The minimum Gasteiger partial charge on any atom is -0.481 e. The lowest BCUT2D eigenvalue weighted by Crippen LogP contribution is -2.39. The van der Waals surface area contributed by atoms with Gasteiger partial charge in [-0.25, -0.2) is 0 Å². The van der Waals surface area contributed by atoms with Gasteiger partial charge >= 0.3 is 5.97 Å². The molecule has 1 aliphatic carbocycles. The van der Waals surface area contributed by atoms with Crippen LogP contribution >= 0.6 is 11.8 Å². The predicted octanol–water partition coefficient (Wildman–Crippen LogP) is 1.89. The third-order valence-electron chi connectivity index (χ3n) is 3.48. The van der Waals surface area contributed by atoms with E-state index in [1.165, 1.54) is 11.8 Å². The van der Waals surface area contributed by atoms with Gasteiger partial charge < -0.3 is 10.4 Å². The number of hydrogen-bond acceptors (Lipinski definition) is 3. The number of carbonyl (C=O) groups excluding carboxylic acids is 1. The molecule has 0 aromatic carbocycles. The van der Waals surface area contributed by atoms with E-state index in [1.54, 1.807) is 0 Å². The fourth-order valence-electron chi connectivity index (χ4n) is 2.38. The molecule has 0 heterocycles. The molecular formula is C12H21NO3S. The van der Waals surface area contributed by atoms with Crippen molar-refractivity contribution >= 4 is 23.6 Å². The lowest BCUT2D eigenvalue weighted by molar-refractivity contribution is -0.134. The first-order valence-electron chi connectivity index (χ1n) is 6.18. The van der Waals surface area contributed by atoms with Crippen molar-refractivity contribution in [3.8, 4) is 0 Å². The first kappa shape index (κ1) is 14.4. The van der Waals surface area contributed by atoms with Gasteiger partial charge in [0.2, 0.25) is 5.91 Å². The van der Waals surface area contributed by atoms with Gasteiger partial charge in [0.05, 0.1) is 5.75 Å². The summed E-state index contributed by atoms with van der Waals surface area (Å²) < 4.78 is 0. The molecule has 0 unspecified atom stereocenters. The van der Waals surface area contributed by atoms with E-state index in [-0.39, 0.29) is 17.1 Å². The van der Waals surface area contributed by atoms with Crippen LogP contribution in [0.25, 0.3) is 0 Å². The van der Waals surface area contributed by atoms with Gasteiger partial charge in [-0.15, -0.1) is 11.8 Å². The molecule has 0 aromatic rings. The number of nitrogens with one attached hydrogen (secondary N) is 1. The van der Waals surface area contributed by atoms with E-state index in [1.807, 2.05) is 0 Å². The molecule has 0 saturated heterocycles. The summed E-state index contributed by atoms with van der Waals surface area (Å²) in [6.45, 7) is 2.64. The number of rotatable bonds is 7. The van der Waals surface area contributed by atoms with Crippen LogP contribution in [-0.2, 0) is 9.59 Å². The van der Waals surface area contributed by atoms with E-state index in [9.17, 15) is 9.59 Å². The molecule has 5 heteroatoms. The maximum Gasteiger partial charge on any atom is 0.313 e. The summed E-state index contributed by atoms with van der Waals surface area (Å²) in [6, 6.07) is 0. The van der Waals surface area contributed by atoms with Crippen LogP contribution in [-0.4, -0.2) is 35.0 Å². The Hall–Kier alpha value is -0.710. The van der Waals surface area contributed by atoms with Crippen LogP contribution in [0.15, 0.2) is 0 Å². The monoisotopic (exact) mass is 259 g/mol. The highest BCUT2D eigenvalue weighted by atomic mass is 32.2. The molecule has 0 aromatic heterocycles. The van der Waals surface area contributed by atoms with Crippen molar-refractivity contribution in [2.45, 2.75) is 39.0 Å². The highest BCUT2D eigenvalue weighted by Gasteiger charge is 2.38. The van der Waals surface area contributed by atoms with Crippen molar-refractivity contribution in [1.29, 1.82) is 0 Å². The van der Waals surface area contributed by atoms with Crippen molar-refractivity contribution in [2.75, 3.05) is 18.1 Å². The third-order valence-corrected chi connectivity index (χ3v) is 4.42. The topological polar surface area (TPSA) is 66.4 Å². The molecule has 1 fully saturated rings. The molecular weight excluding hydrogens is 238 g/mol. The molecule has 1 saturated carbocycles. The van der Waals surface area contributed by atoms with Crippen LogP contribution in [0.2, 0.25) is 0 Å². The van der Waals surface area contributed by atoms with E-state index < -0.39 is 5.97 Å². The Morgan fingerprint density at radius 3 is 2.53 bits per heavy atom. The van der Waals surface area contributed by atoms with Gasteiger partial charge in [0.15, 0.2) is 0 Å². The average Bonchev–Trinajstić information content (AvgIpc) is 2.77. The standard InChI is InChI=1S/C12H21NO3S/c1-2-12(5-3-4-6-12)11(16)13-7-8-17-9-10(14)15/h2-9H2,1H3,(H,13,16)(H,14,15). The summed E-state index contributed by atoms with van der Waals surface area (Å²) in [5.74, 6) is 0.127. The summed E-state index contributed by atoms with van der Waals surface area (Å²) in [5, 5.41) is 11.4. The zero-order chi connectivity index (χ0) is 12.7. The molecule has 98 valence electrons. The number of carbonyl (C=O) groups is 2. The summed E-state index contributed by atoms with van der Waals surface area (Å²) in [5.41, 5.74) is -0.141. The number of thioether (sulfide) groups is 1. The highest BCUT2D eigenvalue weighted by molar-refractivity contribution is 7.99.